The van der Waals surface area contributed by atoms with Gasteiger partial charge in [0.2, 0.25) is 5.91 Å². The predicted octanol–water partition coefficient (Wildman–Crippen LogP) is 4.82. The number of hydrogen-bond donors (Lipinski definition) is 3. The molecule has 36 heavy (non-hydrogen) atoms. The van der Waals surface area contributed by atoms with Crippen molar-refractivity contribution in [1.82, 2.24) is 19.9 Å². The molecule has 1 aliphatic heterocycles. The minimum absolute atomic E-state index is 0.0424. The molecule has 8 heteroatoms. The predicted molar refractivity (Wildman–Crippen MR) is 136 cm³/mol. The Morgan fingerprint density at radius 3 is 2.64 bits per heavy atom. The van der Waals surface area contributed by atoms with Crippen molar-refractivity contribution >= 4 is 16.8 Å². The van der Waals surface area contributed by atoms with E-state index in [4.69, 9.17) is 4.74 Å². The molecule has 0 aliphatic carbocycles. The van der Waals surface area contributed by atoms with Crippen LogP contribution in [-0.4, -0.2) is 42.5 Å². The maximum atomic E-state index is 12.3. The van der Waals surface area contributed by atoms with E-state index < -0.39 is 5.60 Å². The van der Waals surface area contributed by atoms with Crippen LogP contribution < -0.4 is 4.74 Å². The first-order valence-electron chi connectivity index (χ1n) is 12.1. The van der Waals surface area contributed by atoms with E-state index in [0.29, 0.717) is 17.2 Å². The zero-order chi connectivity index (χ0) is 25.4. The van der Waals surface area contributed by atoms with E-state index in [1.807, 2.05) is 29.2 Å². The fourth-order valence-corrected chi connectivity index (χ4v) is 4.74. The molecule has 3 N–H and O–H groups in total. The van der Waals surface area contributed by atoms with Crippen LogP contribution in [0.1, 0.15) is 56.5 Å². The summed E-state index contributed by atoms with van der Waals surface area (Å²) in [6, 6.07) is 13.2. The third kappa shape index (κ3) is 4.69. The molecule has 4 aromatic rings. The number of nitrogens with zero attached hydrogens (tertiary/aromatic N) is 3. The van der Waals surface area contributed by atoms with Gasteiger partial charge in [0.15, 0.2) is 0 Å². The lowest BCUT2D eigenvalue weighted by Crippen LogP contribution is -2.28. The van der Waals surface area contributed by atoms with E-state index in [2.05, 4.69) is 21.0 Å². The molecule has 0 bridgehead atoms. The smallest absolute Gasteiger partial charge is 0.219 e. The highest BCUT2D eigenvalue weighted by atomic mass is 16.5. The number of aromatic amines is 1. The maximum absolute atomic E-state index is 12.3. The number of aliphatic hydroxyl groups is 2. The van der Waals surface area contributed by atoms with Gasteiger partial charge in [0.25, 0.3) is 0 Å². The summed E-state index contributed by atoms with van der Waals surface area (Å²) in [5.41, 5.74) is 3.81. The summed E-state index contributed by atoms with van der Waals surface area (Å²) >= 11 is 0. The van der Waals surface area contributed by atoms with Gasteiger partial charge in [0, 0.05) is 41.7 Å². The fraction of sp³-hybridized carbons (Fsp3) is 0.321. The van der Waals surface area contributed by atoms with Crippen LogP contribution in [0, 0.1) is 0 Å². The molecule has 1 unspecified atom stereocenters. The van der Waals surface area contributed by atoms with Crippen molar-refractivity contribution in [1.29, 1.82) is 0 Å². The van der Waals surface area contributed by atoms with Crippen LogP contribution >= 0.6 is 0 Å². The number of ether oxygens (including phenoxy) is 1. The molecule has 0 spiro atoms. The Balaban J connectivity index is 1.56. The Labute approximate surface area is 209 Å². The van der Waals surface area contributed by atoms with E-state index in [9.17, 15) is 15.0 Å². The molecule has 1 fully saturated rings. The molecular formula is C28H30N4O4. The summed E-state index contributed by atoms with van der Waals surface area (Å²) in [6.07, 6.45) is 5.07. The second-order valence-corrected chi connectivity index (χ2v) is 9.77. The normalized spacial score (nSPS) is 16.0. The molecule has 186 valence electrons. The van der Waals surface area contributed by atoms with Crippen molar-refractivity contribution in [3.63, 3.8) is 0 Å². The van der Waals surface area contributed by atoms with E-state index in [-0.39, 0.29) is 18.6 Å². The number of nitrogens with one attached hydrogen (secondary N) is 1. The molecule has 0 saturated carbocycles. The lowest BCUT2D eigenvalue weighted by Gasteiger charge is -2.25. The van der Waals surface area contributed by atoms with Crippen LogP contribution in [0.4, 0.5) is 0 Å². The highest BCUT2D eigenvalue weighted by Gasteiger charge is 2.31. The third-order valence-corrected chi connectivity index (χ3v) is 6.70. The van der Waals surface area contributed by atoms with Crippen LogP contribution in [-0.2, 0) is 17.0 Å². The standard InChI is InChI=1S/C28H30N4O4/c1-17(34)32-10-4-5-26(32)22-13-24-18(12-27(22)36-21-8-7-20(16-33)29-15-21)11-25(31-24)23-9-6-19(14-30-23)28(2,3)35/h6-9,11-15,26,31,33,35H,4-5,10,16H2,1-3H3. The van der Waals surface area contributed by atoms with E-state index in [0.717, 1.165) is 52.8 Å². The number of hydrogen-bond acceptors (Lipinski definition) is 6. The monoisotopic (exact) mass is 486 g/mol. The van der Waals surface area contributed by atoms with Crippen molar-refractivity contribution < 1.29 is 19.7 Å². The number of fused-ring (bicyclic) bond motifs is 1. The molecule has 1 saturated heterocycles. The van der Waals surface area contributed by atoms with Crippen molar-refractivity contribution in [2.75, 3.05) is 6.54 Å². The van der Waals surface area contributed by atoms with Crippen LogP contribution in [0.5, 0.6) is 11.5 Å². The first-order chi connectivity index (χ1) is 17.2. The first-order valence-corrected chi connectivity index (χ1v) is 12.1. The number of carbonyl (C=O) groups excluding carboxylic acids is 1. The highest BCUT2D eigenvalue weighted by molar-refractivity contribution is 5.88. The van der Waals surface area contributed by atoms with Gasteiger partial charge in [-0.3, -0.25) is 14.8 Å². The number of rotatable bonds is 6. The lowest BCUT2D eigenvalue weighted by molar-refractivity contribution is -0.129. The van der Waals surface area contributed by atoms with Crippen molar-refractivity contribution in [3.8, 4) is 22.9 Å². The molecule has 4 heterocycles. The topological polar surface area (TPSA) is 112 Å². The number of pyridine rings is 2. The minimum atomic E-state index is -0.957. The van der Waals surface area contributed by atoms with Crippen LogP contribution in [0.25, 0.3) is 22.3 Å². The molecule has 3 aromatic heterocycles. The molecule has 1 amide bonds. The van der Waals surface area contributed by atoms with Crippen molar-refractivity contribution in [3.05, 3.63) is 71.7 Å². The lowest BCUT2D eigenvalue weighted by atomic mass is 10.0. The number of aromatic nitrogens is 3. The second-order valence-electron chi connectivity index (χ2n) is 9.77. The van der Waals surface area contributed by atoms with Gasteiger partial charge in [-0.05, 0) is 63.1 Å². The summed E-state index contributed by atoms with van der Waals surface area (Å²) in [6.45, 7) is 5.65. The van der Waals surface area contributed by atoms with Crippen molar-refractivity contribution in [2.45, 2.75) is 51.9 Å². The first kappa shape index (κ1) is 24.0. The number of amides is 1. The Kier molecular flexibility index (Phi) is 6.24. The maximum Gasteiger partial charge on any atom is 0.219 e. The largest absolute Gasteiger partial charge is 0.455 e. The fourth-order valence-electron chi connectivity index (χ4n) is 4.74. The Morgan fingerprint density at radius 2 is 2.00 bits per heavy atom. The number of aliphatic hydroxyl groups excluding tert-OH is 1. The third-order valence-electron chi connectivity index (χ3n) is 6.70. The molecule has 1 aromatic carbocycles. The highest BCUT2D eigenvalue weighted by Crippen LogP contribution is 2.41. The van der Waals surface area contributed by atoms with Gasteiger partial charge < -0.3 is 24.8 Å². The van der Waals surface area contributed by atoms with Crippen LogP contribution in [0.3, 0.4) is 0 Å². The summed E-state index contributed by atoms with van der Waals surface area (Å²) in [4.78, 5) is 26.5. The molecule has 1 atom stereocenters. The summed E-state index contributed by atoms with van der Waals surface area (Å²) in [5, 5.41) is 20.5. The molecule has 5 rings (SSSR count). The second kappa shape index (κ2) is 9.37. The van der Waals surface area contributed by atoms with Gasteiger partial charge in [-0.25, -0.2) is 0 Å². The summed E-state index contributed by atoms with van der Waals surface area (Å²) in [7, 11) is 0. The molecule has 8 nitrogen and oxygen atoms in total. The molecule has 1 aliphatic rings. The van der Waals surface area contributed by atoms with Gasteiger partial charge in [0.1, 0.15) is 11.5 Å². The average Bonchev–Trinajstić information content (AvgIpc) is 3.51. The Morgan fingerprint density at radius 1 is 1.17 bits per heavy atom. The number of H-pyrrole nitrogens is 1. The van der Waals surface area contributed by atoms with E-state index in [1.54, 1.807) is 45.3 Å². The van der Waals surface area contributed by atoms with Gasteiger partial charge in [-0.2, -0.15) is 0 Å². The number of benzene rings is 1. The Hall–Kier alpha value is -3.75. The average molecular weight is 487 g/mol. The number of carbonyl (C=O) groups is 1. The number of likely N-dealkylation sites (tertiary alicyclic amines) is 1. The van der Waals surface area contributed by atoms with Gasteiger partial charge >= 0.3 is 0 Å². The summed E-state index contributed by atoms with van der Waals surface area (Å²) in [5.74, 6) is 1.26. The van der Waals surface area contributed by atoms with Crippen molar-refractivity contribution in [2.24, 2.45) is 0 Å². The quantitative estimate of drug-likeness (QED) is 0.360. The Bertz CT molecular complexity index is 1390. The minimum Gasteiger partial charge on any atom is -0.455 e. The van der Waals surface area contributed by atoms with Gasteiger partial charge in [-0.15, -0.1) is 0 Å². The summed E-state index contributed by atoms with van der Waals surface area (Å²) < 4.78 is 6.29. The zero-order valence-corrected chi connectivity index (χ0v) is 20.7. The van der Waals surface area contributed by atoms with E-state index in [1.165, 1.54) is 0 Å². The van der Waals surface area contributed by atoms with Crippen LogP contribution in [0.2, 0.25) is 0 Å². The molecule has 0 radical (unpaired) electrons. The molecular weight excluding hydrogens is 456 g/mol. The van der Waals surface area contributed by atoms with Gasteiger partial charge in [-0.1, -0.05) is 6.07 Å². The SMILES string of the molecule is CC(=O)N1CCCC1c1cc2[nH]c(-c3ccc(C(C)(C)O)cn3)cc2cc1Oc1ccc(CO)nc1. The van der Waals surface area contributed by atoms with Crippen LogP contribution in [0.15, 0.2) is 54.9 Å². The zero-order valence-electron chi connectivity index (χ0n) is 20.7. The van der Waals surface area contributed by atoms with Gasteiger partial charge in [0.05, 0.1) is 41.5 Å². The van der Waals surface area contributed by atoms with E-state index >= 15 is 0 Å².